The lowest BCUT2D eigenvalue weighted by Crippen LogP contribution is -2.30. The van der Waals surface area contributed by atoms with E-state index in [4.69, 9.17) is 5.26 Å². The van der Waals surface area contributed by atoms with E-state index in [9.17, 15) is 14.4 Å². The molecular formula is C19H20N4O3. The maximum Gasteiger partial charge on any atom is 0.254 e. The Hall–Kier alpha value is -3.01. The molecule has 2 aliphatic rings. The third-order valence-corrected chi connectivity index (χ3v) is 4.97. The number of hydrogen-bond acceptors (Lipinski definition) is 5. The van der Waals surface area contributed by atoms with Gasteiger partial charge in [0.2, 0.25) is 11.8 Å². The van der Waals surface area contributed by atoms with Crippen molar-refractivity contribution in [2.75, 3.05) is 4.90 Å². The molecule has 1 N–H and O–H groups in total. The van der Waals surface area contributed by atoms with E-state index >= 15 is 0 Å². The molecule has 2 atom stereocenters. The van der Waals surface area contributed by atoms with Gasteiger partial charge in [0.1, 0.15) is 6.42 Å². The SMILES string of the molecule is C/C(=N\NC(=O)CC#N)c1ccc(N2C(=O)[C@H]3CCCC[C@@H]3C2=O)cc1. The Labute approximate surface area is 151 Å². The average Bonchev–Trinajstić information content (AvgIpc) is 2.91. The number of carbonyl (C=O) groups is 3. The molecule has 7 nitrogen and oxygen atoms in total. The summed E-state index contributed by atoms with van der Waals surface area (Å²) in [4.78, 5) is 37.8. The van der Waals surface area contributed by atoms with Crippen molar-refractivity contribution in [1.82, 2.24) is 5.43 Å². The molecule has 134 valence electrons. The number of nitrogens with zero attached hydrogens (tertiary/aromatic N) is 3. The Balaban J connectivity index is 1.74. The number of hydrazone groups is 1. The van der Waals surface area contributed by atoms with Crippen LogP contribution < -0.4 is 10.3 Å². The van der Waals surface area contributed by atoms with Gasteiger partial charge < -0.3 is 0 Å². The van der Waals surface area contributed by atoms with Crippen LogP contribution in [0.25, 0.3) is 0 Å². The lowest BCUT2D eigenvalue weighted by atomic mass is 9.81. The van der Waals surface area contributed by atoms with Gasteiger partial charge in [-0.3, -0.25) is 19.3 Å². The van der Waals surface area contributed by atoms with E-state index in [1.165, 1.54) is 4.90 Å². The second-order valence-electron chi connectivity index (χ2n) is 6.62. The van der Waals surface area contributed by atoms with E-state index in [0.29, 0.717) is 11.4 Å². The Morgan fingerprint density at radius 1 is 1.19 bits per heavy atom. The van der Waals surface area contributed by atoms with Crippen molar-refractivity contribution in [2.45, 2.75) is 39.0 Å². The number of nitriles is 1. The first-order chi connectivity index (χ1) is 12.5. The van der Waals surface area contributed by atoms with E-state index in [1.54, 1.807) is 37.3 Å². The first kappa shape index (κ1) is 17.8. The van der Waals surface area contributed by atoms with Crippen molar-refractivity contribution >= 4 is 29.1 Å². The average molecular weight is 352 g/mol. The fourth-order valence-electron chi connectivity index (χ4n) is 3.59. The van der Waals surface area contributed by atoms with Gasteiger partial charge >= 0.3 is 0 Å². The molecule has 0 spiro atoms. The largest absolute Gasteiger partial charge is 0.274 e. The number of imide groups is 1. The third-order valence-electron chi connectivity index (χ3n) is 4.97. The summed E-state index contributed by atoms with van der Waals surface area (Å²) in [5.74, 6) is -1.01. The summed E-state index contributed by atoms with van der Waals surface area (Å²) in [6.45, 7) is 1.72. The highest BCUT2D eigenvalue weighted by Gasteiger charge is 2.48. The number of rotatable bonds is 4. The van der Waals surface area contributed by atoms with Gasteiger partial charge in [-0.15, -0.1) is 0 Å². The summed E-state index contributed by atoms with van der Waals surface area (Å²) < 4.78 is 0. The number of carbonyl (C=O) groups excluding carboxylic acids is 3. The predicted octanol–water partition coefficient (Wildman–Crippen LogP) is 2.12. The molecule has 1 saturated carbocycles. The zero-order valence-corrected chi connectivity index (χ0v) is 14.6. The minimum atomic E-state index is -0.473. The van der Waals surface area contributed by atoms with Crippen molar-refractivity contribution in [3.63, 3.8) is 0 Å². The molecule has 1 aromatic rings. The van der Waals surface area contributed by atoms with Crippen LogP contribution in [0.1, 0.15) is 44.6 Å². The molecule has 1 heterocycles. The van der Waals surface area contributed by atoms with Gasteiger partial charge in [-0.25, -0.2) is 5.43 Å². The third kappa shape index (κ3) is 3.36. The normalized spacial score (nSPS) is 22.8. The summed E-state index contributed by atoms with van der Waals surface area (Å²) in [5, 5.41) is 12.4. The van der Waals surface area contributed by atoms with Gasteiger partial charge in [0, 0.05) is 0 Å². The standard InChI is InChI=1S/C19H20N4O3/c1-12(21-22-17(24)10-11-20)13-6-8-14(9-7-13)23-18(25)15-4-2-3-5-16(15)19(23)26/h6-9,15-16H,2-5,10H2,1H3,(H,22,24)/b21-12+/t15-,16-/m0/s1. The van der Waals surface area contributed by atoms with Crippen molar-refractivity contribution in [3.8, 4) is 6.07 Å². The molecule has 0 radical (unpaired) electrons. The second-order valence-corrected chi connectivity index (χ2v) is 6.62. The molecule has 3 amide bonds. The molecule has 1 aliphatic carbocycles. The molecule has 3 rings (SSSR count). The van der Waals surface area contributed by atoms with Gasteiger partial charge in [-0.1, -0.05) is 25.0 Å². The number of anilines is 1. The first-order valence-corrected chi connectivity index (χ1v) is 8.71. The van der Waals surface area contributed by atoms with E-state index in [0.717, 1.165) is 31.2 Å². The fourth-order valence-corrected chi connectivity index (χ4v) is 3.59. The van der Waals surface area contributed by atoms with Crippen LogP contribution in [0.2, 0.25) is 0 Å². The topological polar surface area (TPSA) is 103 Å². The quantitative estimate of drug-likeness (QED) is 0.509. The van der Waals surface area contributed by atoms with Crippen LogP contribution in [0, 0.1) is 23.2 Å². The van der Waals surface area contributed by atoms with Gasteiger partial charge in [0.05, 0.1) is 29.3 Å². The molecule has 1 saturated heterocycles. The van der Waals surface area contributed by atoms with E-state index in [1.807, 2.05) is 0 Å². The number of nitrogens with one attached hydrogen (secondary N) is 1. The van der Waals surface area contributed by atoms with Gasteiger partial charge in [-0.05, 0) is 37.5 Å². The second kappa shape index (κ2) is 7.48. The molecular weight excluding hydrogens is 332 g/mol. The highest BCUT2D eigenvalue weighted by Crippen LogP contribution is 2.40. The summed E-state index contributed by atoms with van der Waals surface area (Å²) in [5.41, 5.74) is 4.19. The highest BCUT2D eigenvalue weighted by atomic mass is 16.2. The Bertz CT molecular complexity index is 783. The van der Waals surface area contributed by atoms with Crippen molar-refractivity contribution in [3.05, 3.63) is 29.8 Å². The van der Waals surface area contributed by atoms with Crippen molar-refractivity contribution in [2.24, 2.45) is 16.9 Å². The molecule has 0 aromatic heterocycles. The molecule has 0 bridgehead atoms. The molecule has 26 heavy (non-hydrogen) atoms. The minimum Gasteiger partial charge on any atom is -0.274 e. The van der Waals surface area contributed by atoms with E-state index < -0.39 is 5.91 Å². The molecule has 2 fully saturated rings. The zero-order valence-electron chi connectivity index (χ0n) is 14.6. The number of benzene rings is 1. The Morgan fingerprint density at radius 2 is 1.77 bits per heavy atom. The predicted molar refractivity (Wildman–Crippen MR) is 95.0 cm³/mol. The van der Waals surface area contributed by atoms with E-state index in [2.05, 4.69) is 10.5 Å². The molecule has 1 aliphatic heterocycles. The zero-order chi connectivity index (χ0) is 18.7. The Morgan fingerprint density at radius 3 is 2.31 bits per heavy atom. The number of hydrogen-bond donors (Lipinski definition) is 1. The lowest BCUT2D eigenvalue weighted by molar-refractivity contribution is -0.123. The summed E-state index contributed by atoms with van der Waals surface area (Å²) in [7, 11) is 0. The minimum absolute atomic E-state index is 0.0957. The van der Waals surface area contributed by atoms with Crippen LogP contribution in [-0.4, -0.2) is 23.4 Å². The maximum absolute atomic E-state index is 12.6. The van der Waals surface area contributed by atoms with Crippen molar-refractivity contribution < 1.29 is 14.4 Å². The fraction of sp³-hybridized carbons (Fsp3) is 0.421. The summed E-state index contributed by atoms with van der Waals surface area (Å²) in [6, 6.07) is 8.70. The highest BCUT2D eigenvalue weighted by molar-refractivity contribution is 6.22. The van der Waals surface area contributed by atoms with Gasteiger partial charge in [0.15, 0.2) is 0 Å². The number of fused-ring (bicyclic) bond motifs is 1. The van der Waals surface area contributed by atoms with Gasteiger partial charge in [-0.2, -0.15) is 10.4 Å². The maximum atomic E-state index is 12.6. The number of amides is 3. The van der Waals surface area contributed by atoms with Crippen LogP contribution in [0.4, 0.5) is 5.69 Å². The van der Waals surface area contributed by atoms with Gasteiger partial charge in [0.25, 0.3) is 5.91 Å². The van der Waals surface area contributed by atoms with Crippen molar-refractivity contribution in [1.29, 1.82) is 5.26 Å². The van der Waals surface area contributed by atoms with Crippen LogP contribution in [0.5, 0.6) is 0 Å². The molecule has 0 unspecified atom stereocenters. The van der Waals surface area contributed by atoms with E-state index in [-0.39, 0.29) is 30.1 Å². The smallest absolute Gasteiger partial charge is 0.254 e. The van der Waals surface area contributed by atoms with Crippen LogP contribution in [0.3, 0.4) is 0 Å². The van der Waals surface area contributed by atoms with Crippen LogP contribution in [0.15, 0.2) is 29.4 Å². The van der Waals surface area contributed by atoms with Crippen LogP contribution in [-0.2, 0) is 14.4 Å². The molecule has 1 aromatic carbocycles. The monoisotopic (exact) mass is 352 g/mol. The molecule has 7 heteroatoms. The lowest BCUT2D eigenvalue weighted by Gasteiger charge is -2.19. The first-order valence-electron chi connectivity index (χ1n) is 8.71. The summed E-state index contributed by atoms with van der Waals surface area (Å²) in [6.07, 6.45) is 3.33. The summed E-state index contributed by atoms with van der Waals surface area (Å²) >= 11 is 0. The van der Waals surface area contributed by atoms with Crippen LogP contribution >= 0.6 is 0 Å². The Kier molecular flexibility index (Phi) is 5.12.